The van der Waals surface area contributed by atoms with Gasteiger partial charge in [-0.05, 0) is 43.2 Å². The van der Waals surface area contributed by atoms with Crippen LogP contribution in [0.5, 0.6) is 0 Å². The number of nitrogens with zero attached hydrogens (tertiary/aromatic N) is 1. The summed E-state index contributed by atoms with van der Waals surface area (Å²) in [6, 6.07) is 20.3. The third kappa shape index (κ3) is 3.62. The van der Waals surface area contributed by atoms with Gasteiger partial charge in [-0.2, -0.15) is 0 Å². The van der Waals surface area contributed by atoms with Crippen LogP contribution >= 0.6 is 15.9 Å². The van der Waals surface area contributed by atoms with Gasteiger partial charge in [-0.15, -0.1) is 0 Å². The summed E-state index contributed by atoms with van der Waals surface area (Å²) >= 11 is 3.45. The van der Waals surface area contributed by atoms with Crippen LogP contribution in [0.15, 0.2) is 71.2 Å². The molecule has 1 amide bonds. The van der Waals surface area contributed by atoms with Crippen LogP contribution < -0.4 is 4.90 Å². The normalized spacial score (nSPS) is 18.7. The van der Waals surface area contributed by atoms with E-state index < -0.39 is 17.4 Å². The van der Waals surface area contributed by atoms with Gasteiger partial charge in [0.15, 0.2) is 11.4 Å². The summed E-state index contributed by atoms with van der Waals surface area (Å²) in [5.41, 5.74) is 2.80. The lowest BCUT2D eigenvalue weighted by Crippen LogP contribution is -2.47. The van der Waals surface area contributed by atoms with Crippen LogP contribution in [-0.2, 0) is 16.9 Å². The number of hydrogen-bond donors (Lipinski definition) is 1. The highest BCUT2D eigenvalue weighted by molar-refractivity contribution is 9.10. The highest BCUT2D eigenvalue weighted by Gasteiger charge is 2.55. The van der Waals surface area contributed by atoms with Gasteiger partial charge in [0.1, 0.15) is 0 Å². The van der Waals surface area contributed by atoms with E-state index in [9.17, 15) is 14.7 Å². The Kier molecular flexibility index (Phi) is 5.58. The summed E-state index contributed by atoms with van der Waals surface area (Å²) in [6.45, 7) is 5.97. The summed E-state index contributed by atoms with van der Waals surface area (Å²) in [6.07, 6.45) is 0. The Morgan fingerprint density at radius 2 is 1.77 bits per heavy atom. The monoisotopic (exact) mass is 477 g/mol. The molecular formula is C26H24BrNO3. The second-order valence-corrected chi connectivity index (χ2v) is 9.12. The van der Waals surface area contributed by atoms with Crippen LogP contribution in [-0.4, -0.2) is 16.8 Å². The van der Waals surface area contributed by atoms with Crippen molar-refractivity contribution >= 4 is 33.3 Å². The third-order valence-corrected chi connectivity index (χ3v) is 6.64. The van der Waals surface area contributed by atoms with Crippen LogP contribution in [0.1, 0.15) is 39.5 Å². The van der Waals surface area contributed by atoms with Gasteiger partial charge < -0.3 is 10.0 Å². The number of amides is 1. The van der Waals surface area contributed by atoms with Crippen molar-refractivity contribution in [2.75, 3.05) is 4.90 Å². The zero-order valence-electron chi connectivity index (χ0n) is 17.7. The average molecular weight is 478 g/mol. The summed E-state index contributed by atoms with van der Waals surface area (Å²) in [4.78, 5) is 28.5. The number of Topliss-reactive ketones (excluding diaryl/α,β-unsaturated/α-hetero) is 1. The van der Waals surface area contributed by atoms with Gasteiger partial charge in [0, 0.05) is 15.6 Å². The lowest BCUT2D eigenvalue weighted by molar-refractivity contribution is -0.139. The lowest BCUT2D eigenvalue weighted by atomic mass is 9.79. The molecule has 0 aliphatic carbocycles. The summed E-state index contributed by atoms with van der Waals surface area (Å²) < 4.78 is 0.741. The maximum atomic E-state index is 13.7. The maximum Gasteiger partial charge on any atom is 0.264 e. The Hall–Kier alpha value is -2.76. The number of halogens is 1. The molecule has 1 heterocycles. The van der Waals surface area contributed by atoms with Gasteiger partial charge in [-0.25, -0.2) is 0 Å². The van der Waals surface area contributed by atoms with Crippen molar-refractivity contribution < 1.29 is 14.7 Å². The Balaban J connectivity index is 1.79. The predicted molar refractivity (Wildman–Crippen MR) is 125 cm³/mol. The molecule has 0 saturated carbocycles. The fraction of sp³-hybridized carbons (Fsp3) is 0.231. The number of rotatable bonds is 5. The van der Waals surface area contributed by atoms with Crippen molar-refractivity contribution in [2.24, 2.45) is 5.92 Å². The molecule has 4 rings (SSSR count). The van der Waals surface area contributed by atoms with Crippen molar-refractivity contribution in [2.45, 2.75) is 32.9 Å². The summed E-state index contributed by atoms with van der Waals surface area (Å²) in [7, 11) is 0. The summed E-state index contributed by atoms with van der Waals surface area (Å²) in [5, 5.41) is 11.8. The van der Waals surface area contributed by atoms with Gasteiger partial charge in [0.05, 0.1) is 18.2 Å². The number of hydrogen-bond acceptors (Lipinski definition) is 3. The van der Waals surface area contributed by atoms with E-state index in [2.05, 4.69) is 22.0 Å². The number of aliphatic hydroxyl groups is 1. The largest absolute Gasteiger partial charge is 0.375 e. The Labute approximate surface area is 190 Å². The molecule has 3 aromatic carbocycles. The molecule has 31 heavy (non-hydrogen) atoms. The van der Waals surface area contributed by atoms with Gasteiger partial charge >= 0.3 is 0 Å². The fourth-order valence-electron chi connectivity index (χ4n) is 4.24. The van der Waals surface area contributed by atoms with E-state index in [0.29, 0.717) is 23.4 Å². The molecule has 0 fully saturated rings. The zero-order chi connectivity index (χ0) is 22.3. The zero-order valence-corrected chi connectivity index (χ0v) is 19.3. The van der Waals surface area contributed by atoms with E-state index in [-0.39, 0.29) is 5.78 Å². The molecular weight excluding hydrogens is 454 g/mol. The minimum atomic E-state index is -1.94. The number of carbonyl (C=O) groups is 2. The molecule has 1 aliphatic heterocycles. The molecule has 158 valence electrons. The van der Waals surface area contributed by atoms with E-state index in [1.165, 1.54) is 0 Å². The molecule has 0 bridgehead atoms. The van der Waals surface area contributed by atoms with E-state index in [0.717, 1.165) is 21.2 Å². The molecule has 1 aliphatic rings. The number of carbonyl (C=O) groups excluding carboxylic acids is 2. The van der Waals surface area contributed by atoms with Gasteiger partial charge in [0.25, 0.3) is 5.91 Å². The van der Waals surface area contributed by atoms with Crippen LogP contribution in [0.2, 0.25) is 0 Å². The molecule has 3 aromatic rings. The number of aryl methyl sites for hydroxylation is 2. The van der Waals surface area contributed by atoms with Crippen LogP contribution in [0.4, 0.5) is 5.69 Å². The predicted octanol–water partition coefficient (Wildman–Crippen LogP) is 5.32. The molecule has 5 heteroatoms. The lowest BCUT2D eigenvalue weighted by Gasteiger charge is -2.29. The van der Waals surface area contributed by atoms with Crippen molar-refractivity contribution in [3.63, 3.8) is 0 Å². The minimum absolute atomic E-state index is 0.268. The molecule has 4 nitrogen and oxygen atoms in total. The summed E-state index contributed by atoms with van der Waals surface area (Å²) in [5.74, 6) is -1.69. The highest BCUT2D eigenvalue weighted by Crippen LogP contribution is 2.47. The van der Waals surface area contributed by atoms with Crippen LogP contribution in [0.25, 0.3) is 0 Å². The second kappa shape index (κ2) is 8.06. The van der Waals surface area contributed by atoms with E-state index in [4.69, 9.17) is 0 Å². The third-order valence-electron chi connectivity index (χ3n) is 6.14. The topological polar surface area (TPSA) is 57.6 Å². The molecule has 2 atom stereocenters. The SMILES string of the molecule is Cc1ccc(C)c(CN2C(=O)[C@@](O)([C@@H](C)C(=O)c3ccccc3)c3cc(Br)ccc32)c1. The Morgan fingerprint density at radius 1 is 1.06 bits per heavy atom. The van der Waals surface area contributed by atoms with E-state index in [1.807, 2.05) is 44.2 Å². The first-order chi connectivity index (χ1) is 14.7. The van der Waals surface area contributed by atoms with Crippen molar-refractivity contribution in [3.8, 4) is 0 Å². The highest BCUT2D eigenvalue weighted by atomic mass is 79.9. The van der Waals surface area contributed by atoms with E-state index in [1.54, 1.807) is 42.2 Å². The van der Waals surface area contributed by atoms with Gasteiger partial charge in [-0.3, -0.25) is 9.59 Å². The second-order valence-electron chi connectivity index (χ2n) is 8.20. The molecule has 0 unspecified atom stereocenters. The van der Waals surface area contributed by atoms with Crippen LogP contribution in [0, 0.1) is 19.8 Å². The van der Waals surface area contributed by atoms with E-state index >= 15 is 0 Å². The fourth-order valence-corrected chi connectivity index (χ4v) is 4.60. The average Bonchev–Trinajstić information content (AvgIpc) is 2.98. The molecule has 0 radical (unpaired) electrons. The minimum Gasteiger partial charge on any atom is -0.375 e. The quantitative estimate of drug-likeness (QED) is 0.505. The molecule has 0 saturated heterocycles. The first-order valence-electron chi connectivity index (χ1n) is 10.2. The van der Waals surface area contributed by atoms with Crippen molar-refractivity contribution in [3.05, 3.63) is 99.0 Å². The Bertz CT molecular complexity index is 1170. The van der Waals surface area contributed by atoms with Crippen molar-refractivity contribution in [1.29, 1.82) is 0 Å². The first kappa shape index (κ1) is 21.5. The Morgan fingerprint density at radius 3 is 2.48 bits per heavy atom. The number of anilines is 1. The first-order valence-corrected chi connectivity index (χ1v) is 11.0. The van der Waals surface area contributed by atoms with Gasteiger partial charge in [0.2, 0.25) is 0 Å². The standard InChI is InChI=1S/C26H24BrNO3/c1-16-9-10-17(2)20(13-16)15-28-23-12-11-21(27)14-22(23)26(31,25(28)30)18(3)24(29)19-7-5-4-6-8-19/h4-14,18,31H,15H2,1-3H3/t18-,26+/m0/s1. The molecule has 0 spiro atoms. The maximum absolute atomic E-state index is 13.7. The van der Waals surface area contributed by atoms with Gasteiger partial charge in [-0.1, -0.05) is 76.9 Å². The van der Waals surface area contributed by atoms with Crippen molar-refractivity contribution in [1.82, 2.24) is 0 Å². The smallest absolute Gasteiger partial charge is 0.264 e. The molecule has 1 N–H and O–H groups in total. The number of fused-ring (bicyclic) bond motifs is 1. The molecule has 0 aromatic heterocycles. The number of benzene rings is 3. The van der Waals surface area contributed by atoms with Crippen LogP contribution in [0.3, 0.4) is 0 Å². The number of ketones is 1.